The van der Waals surface area contributed by atoms with Gasteiger partial charge in [0.1, 0.15) is 5.01 Å². The molecule has 0 atom stereocenters. The minimum absolute atomic E-state index is 0.121. The quantitative estimate of drug-likeness (QED) is 0.702. The fraction of sp³-hybridized carbons (Fsp3) is 0.118. The molecule has 106 valence electrons. The van der Waals surface area contributed by atoms with E-state index in [1.807, 2.05) is 5.38 Å². The zero-order chi connectivity index (χ0) is 14.8. The third-order valence-electron chi connectivity index (χ3n) is 3.38. The average molecular weight is 297 g/mol. The highest BCUT2D eigenvalue weighted by molar-refractivity contribution is 7.13. The molecule has 0 radical (unpaired) electrons. The maximum absolute atomic E-state index is 9.57. The Morgan fingerprint density at radius 1 is 0.952 bits per heavy atom. The predicted octanol–water partition coefficient (Wildman–Crippen LogP) is 4.45. The molecule has 0 aliphatic rings. The number of benzene rings is 2. The summed E-state index contributed by atoms with van der Waals surface area (Å²) >= 11 is 1.57. The molecular weight excluding hydrogens is 282 g/mol. The minimum atomic E-state index is -0.130. The highest BCUT2D eigenvalue weighted by Crippen LogP contribution is 2.33. The summed E-state index contributed by atoms with van der Waals surface area (Å²) in [6.07, 6.45) is 1.02. The minimum Gasteiger partial charge on any atom is -0.504 e. The third kappa shape index (κ3) is 2.76. The number of phenolic OH excluding ortho intramolecular Hbond substituents is 2. The fourth-order valence-corrected chi connectivity index (χ4v) is 2.94. The fourth-order valence-electron chi connectivity index (χ4n) is 2.10. The molecule has 0 saturated carbocycles. The van der Waals surface area contributed by atoms with E-state index in [2.05, 4.69) is 36.2 Å². The molecule has 1 heterocycles. The SMILES string of the molecule is CCc1ccc(-c2nc(-c3ccc(O)c(O)c3)cs2)cc1. The van der Waals surface area contributed by atoms with Crippen molar-refractivity contribution in [3.05, 3.63) is 53.4 Å². The number of phenols is 2. The molecule has 0 spiro atoms. The molecular formula is C17H15NO2S. The van der Waals surface area contributed by atoms with Crippen LogP contribution in [0.3, 0.4) is 0 Å². The van der Waals surface area contributed by atoms with E-state index in [0.29, 0.717) is 0 Å². The number of nitrogens with zero attached hydrogens (tertiary/aromatic N) is 1. The van der Waals surface area contributed by atoms with Crippen LogP contribution in [-0.4, -0.2) is 15.2 Å². The first-order valence-electron chi connectivity index (χ1n) is 6.74. The zero-order valence-corrected chi connectivity index (χ0v) is 12.4. The summed E-state index contributed by atoms with van der Waals surface area (Å²) in [5.74, 6) is -0.251. The van der Waals surface area contributed by atoms with Gasteiger partial charge in [-0.05, 0) is 30.2 Å². The lowest BCUT2D eigenvalue weighted by Crippen LogP contribution is -1.82. The molecule has 4 heteroatoms. The Morgan fingerprint density at radius 2 is 1.67 bits per heavy atom. The molecule has 0 amide bonds. The van der Waals surface area contributed by atoms with Crippen molar-refractivity contribution in [1.29, 1.82) is 0 Å². The van der Waals surface area contributed by atoms with E-state index in [1.165, 1.54) is 17.7 Å². The standard InChI is InChI=1S/C17H15NO2S/c1-2-11-3-5-12(6-4-11)17-18-14(10-21-17)13-7-8-15(19)16(20)9-13/h3-10,19-20H,2H2,1H3. The van der Waals surface area contributed by atoms with Gasteiger partial charge in [-0.2, -0.15) is 0 Å². The number of thiazole rings is 1. The first-order valence-corrected chi connectivity index (χ1v) is 7.62. The Labute approximate surface area is 127 Å². The normalized spacial score (nSPS) is 10.7. The molecule has 1 aromatic heterocycles. The van der Waals surface area contributed by atoms with Gasteiger partial charge in [0.25, 0.3) is 0 Å². The van der Waals surface area contributed by atoms with Gasteiger partial charge in [0.2, 0.25) is 0 Å². The lowest BCUT2D eigenvalue weighted by molar-refractivity contribution is 0.404. The van der Waals surface area contributed by atoms with Gasteiger partial charge in [-0.15, -0.1) is 11.3 Å². The Balaban J connectivity index is 1.93. The number of hydrogen-bond donors (Lipinski definition) is 2. The van der Waals surface area contributed by atoms with E-state index >= 15 is 0 Å². The number of hydrogen-bond acceptors (Lipinski definition) is 4. The molecule has 3 aromatic rings. The lowest BCUT2D eigenvalue weighted by Gasteiger charge is -2.01. The summed E-state index contributed by atoms with van der Waals surface area (Å²) in [7, 11) is 0. The molecule has 2 N–H and O–H groups in total. The van der Waals surface area contributed by atoms with Crippen LogP contribution in [0.15, 0.2) is 47.8 Å². The van der Waals surface area contributed by atoms with Crippen LogP contribution < -0.4 is 0 Å². The maximum Gasteiger partial charge on any atom is 0.158 e. The molecule has 2 aromatic carbocycles. The second-order valence-corrected chi connectivity index (χ2v) is 5.65. The van der Waals surface area contributed by atoms with E-state index in [1.54, 1.807) is 17.4 Å². The van der Waals surface area contributed by atoms with Crippen molar-refractivity contribution in [3.8, 4) is 33.3 Å². The van der Waals surface area contributed by atoms with Gasteiger partial charge in [-0.25, -0.2) is 4.98 Å². The molecule has 0 aliphatic heterocycles. The average Bonchev–Trinajstić information content (AvgIpc) is 3.00. The monoisotopic (exact) mass is 297 g/mol. The Bertz CT molecular complexity index is 763. The van der Waals surface area contributed by atoms with Crippen LogP contribution in [0.5, 0.6) is 11.5 Å². The molecule has 0 saturated heterocycles. The first kappa shape index (κ1) is 13.6. The number of aromatic nitrogens is 1. The molecule has 3 nitrogen and oxygen atoms in total. The van der Waals surface area contributed by atoms with Gasteiger partial charge in [0, 0.05) is 16.5 Å². The van der Waals surface area contributed by atoms with Crippen LogP contribution >= 0.6 is 11.3 Å². The summed E-state index contributed by atoms with van der Waals surface area (Å²) < 4.78 is 0. The van der Waals surface area contributed by atoms with Crippen LogP contribution in [0.25, 0.3) is 21.8 Å². The van der Waals surface area contributed by atoms with Crippen molar-refractivity contribution < 1.29 is 10.2 Å². The van der Waals surface area contributed by atoms with E-state index in [0.717, 1.165) is 28.2 Å². The van der Waals surface area contributed by atoms with E-state index in [-0.39, 0.29) is 11.5 Å². The van der Waals surface area contributed by atoms with Gasteiger partial charge in [-0.3, -0.25) is 0 Å². The molecule has 0 unspecified atom stereocenters. The van der Waals surface area contributed by atoms with Crippen molar-refractivity contribution in [1.82, 2.24) is 4.98 Å². The Morgan fingerprint density at radius 3 is 2.33 bits per heavy atom. The number of aromatic hydroxyl groups is 2. The maximum atomic E-state index is 9.57. The van der Waals surface area contributed by atoms with Crippen LogP contribution in [0.2, 0.25) is 0 Å². The van der Waals surface area contributed by atoms with E-state index in [9.17, 15) is 10.2 Å². The zero-order valence-electron chi connectivity index (χ0n) is 11.6. The summed E-state index contributed by atoms with van der Waals surface area (Å²) in [5, 5.41) is 21.8. The molecule has 0 fully saturated rings. The smallest absolute Gasteiger partial charge is 0.158 e. The Hall–Kier alpha value is -2.33. The van der Waals surface area contributed by atoms with Gasteiger partial charge in [0.15, 0.2) is 11.5 Å². The van der Waals surface area contributed by atoms with Crippen LogP contribution in [-0.2, 0) is 6.42 Å². The van der Waals surface area contributed by atoms with E-state index in [4.69, 9.17) is 0 Å². The molecule has 21 heavy (non-hydrogen) atoms. The molecule has 3 rings (SSSR count). The van der Waals surface area contributed by atoms with Gasteiger partial charge < -0.3 is 10.2 Å². The van der Waals surface area contributed by atoms with Crippen molar-refractivity contribution in [2.45, 2.75) is 13.3 Å². The van der Waals surface area contributed by atoms with Crippen molar-refractivity contribution >= 4 is 11.3 Å². The lowest BCUT2D eigenvalue weighted by atomic mass is 10.1. The highest BCUT2D eigenvalue weighted by atomic mass is 32.1. The van der Waals surface area contributed by atoms with Gasteiger partial charge >= 0.3 is 0 Å². The van der Waals surface area contributed by atoms with E-state index < -0.39 is 0 Å². The summed E-state index contributed by atoms with van der Waals surface area (Å²) in [4.78, 5) is 4.60. The highest BCUT2D eigenvalue weighted by Gasteiger charge is 2.08. The van der Waals surface area contributed by atoms with Crippen molar-refractivity contribution in [3.63, 3.8) is 0 Å². The van der Waals surface area contributed by atoms with Crippen molar-refractivity contribution in [2.75, 3.05) is 0 Å². The van der Waals surface area contributed by atoms with Crippen LogP contribution in [0.4, 0.5) is 0 Å². The molecule has 0 aliphatic carbocycles. The van der Waals surface area contributed by atoms with Crippen LogP contribution in [0.1, 0.15) is 12.5 Å². The summed E-state index contributed by atoms with van der Waals surface area (Å²) in [5.41, 5.74) is 3.98. The number of rotatable bonds is 3. The van der Waals surface area contributed by atoms with Crippen molar-refractivity contribution in [2.24, 2.45) is 0 Å². The van der Waals surface area contributed by atoms with Gasteiger partial charge in [0.05, 0.1) is 5.69 Å². The first-order chi connectivity index (χ1) is 10.2. The Kier molecular flexibility index (Phi) is 3.62. The number of aryl methyl sites for hydroxylation is 1. The third-order valence-corrected chi connectivity index (χ3v) is 4.28. The second kappa shape index (κ2) is 5.58. The van der Waals surface area contributed by atoms with Gasteiger partial charge in [-0.1, -0.05) is 31.2 Å². The largest absolute Gasteiger partial charge is 0.504 e. The second-order valence-electron chi connectivity index (χ2n) is 4.79. The summed E-state index contributed by atoms with van der Waals surface area (Å²) in [6.45, 7) is 2.13. The topological polar surface area (TPSA) is 53.4 Å². The van der Waals surface area contributed by atoms with Crippen LogP contribution in [0, 0.1) is 0 Å². The predicted molar refractivity (Wildman–Crippen MR) is 85.7 cm³/mol. The molecule has 0 bridgehead atoms. The summed E-state index contributed by atoms with van der Waals surface area (Å²) in [6, 6.07) is 13.1.